The number of ketones is 1. The van der Waals surface area contributed by atoms with Crippen LogP contribution in [0.1, 0.15) is 49.9 Å². The second-order valence-electron chi connectivity index (χ2n) is 8.56. The Balaban J connectivity index is 2.04. The van der Waals surface area contributed by atoms with Crippen LogP contribution in [0.15, 0.2) is 48.0 Å². The number of aliphatic hydroxyl groups is 1. The lowest BCUT2D eigenvalue weighted by Gasteiger charge is -2.27. The van der Waals surface area contributed by atoms with Crippen molar-refractivity contribution < 1.29 is 24.2 Å². The molecule has 1 amide bonds. The van der Waals surface area contributed by atoms with Gasteiger partial charge in [0.15, 0.2) is 0 Å². The van der Waals surface area contributed by atoms with Crippen LogP contribution in [0.2, 0.25) is 0 Å². The van der Waals surface area contributed by atoms with E-state index in [9.17, 15) is 14.7 Å². The molecule has 3 rings (SSSR count). The van der Waals surface area contributed by atoms with Crippen LogP contribution in [0.5, 0.6) is 11.5 Å². The predicted octanol–water partition coefficient (Wildman–Crippen LogP) is 4.56. The molecule has 0 saturated carbocycles. The number of likely N-dealkylation sites (tertiary alicyclic amines) is 1. The predicted molar refractivity (Wildman–Crippen MR) is 137 cm³/mol. The molecule has 0 radical (unpaired) electrons. The molecule has 0 aromatic heterocycles. The van der Waals surface area contributed by atoms with E-state index < -0.39 is 17.7 Å². The van der Waals surface area contributed by atoms with Crippen molar-refractivity contribution >= 4 is 17.4 Å². The largest absolute Gasteiger partial charge is 0.507 e. The maximum absolute atomic E-state index is 13.2. The van der Waals surface area contributed by atoms with Crippen molar-refractivity contribution in [2.75, 3.05) is 39.9 Å². The van der Waals surface area contributed by atoms with Crippen molar-refractivity contribution in [2.45, 2.75) is 40.2 Å². The van der Waals surface area contributed by atoms with Gasteiger partial charge in [0.2, 0.25) is 0 Å². The Morgan fingerprint density at radius 1 is 1.06 bits per heavy atom. The van der Waals surface area contributed by atoms with Crippen LogP contribution in [0, 0.1) is 6.92 Å². The van der Waals surface area contributed by atoms with E-state index in [0.717, 1.165) is 37.2 Å². The van der Waals surface area contributed by atoms with Gasteiger partial charge in [-0.3, -0.25) is 9.59 Å². The average Bonchev–Trinajstić information content (AvgIpc) is 3.12. The highest BCUT2D eigenvalue weighted by Gasteiger charge is 2.45. The number of ether oxygens (including phenoxy) is 2. The SMILES string of the molecule is CCOc1ccc(/C(O)=C2\C(=O)C(=O)N(CCCN(CC)CC)C2c2ccc(OC)cc2)cc1C. The van der Waals surface area contributed by atoms with E-state index in [2.05, 4.69) is 18.7 Å². The van der Waals surface area contributed by atoms with E-state index in [1.54, 1.807) is 42.3 Å². The molecule has 1 unspecified atom stereocenters. The smallest absolute Gasteiger partial charge is 0.295 e. The molecule has 2 aromatic carbocycles. The van der Waals surface area contributed by atoms with Crippen LogP contribution >= 0.6 is 0 Å². The third-order valence-electron chi connectivity index (χ3n) is 6.49. The van der Waals surface area contributed by atoms with E-state index in [-0.39, 0.29) is 11.3 Å². The minimum absolute atomic E-state index is 0.103. The molecule has 0 bridgehead atoms. The number of aryl methyl sites for hydroxylation is 1. The highest BCUT2D eigenvalue weighted by Crippen LogP contribution is 2.40. The van der Waals surface area contributed by atoms with Crippen LogP contribution in [-0.2, 0) is 9.59 Å². The summed E-state index contributed by atoms with van der Waals surface area (Å²) in [5.41, 5.74) is 2.17. The highest BCUT2D eigenvalue weighted by atomic mass is 16.5. The number of aliphatic hydroxyl groups excluding tert-OH is 1. The summed E-state index contributed by atoms with van der Waals surface area (Å²) >= 11 is 0. The Bertz CT molecular complexity index is 1070. The molecule has 188 valence electrons. The number of benzene rings is 2. The first-order valence-corrected chi connectivity index (χ1v) is 12.2. The first-order chi connectivity index (χ1) is 16.9. The van der Waals surface area contributed by atoms with Crippen molar-refractivity contribution in [3.05, 3.63) is 64.7 Å². The second kappa shape index (κ2) is 11.9. The summed E-state index contributed by atoms with van der Waals surface area (Å²) < 4.78 is 10.9. The second-order valence-corrected chi connectivity index (χ2v) is 8.56. The summed E-state index contributed by atoms with van der Waals surface area (Å²) in [5.74, 6) is -0.0455. The van der Waals surface area contributed by atoms with Gasteiger partial charge in [0.25, 0.3) is 11.7 Å². The van der Waals surface area contributed by atoms with E-state index in [4.69, 9.17) is 9.47 Å². The molecular weight excluding hydrogens is 444 g/mol. The molecule has 1 fully saturated rings. The molecule has 0 spiro atoms. The Morgan fingerprint density at radius 2 is 1.74 bits per heavy atom. The molecule has 2 aromatic rings. The van der Waals surface area contributed by atoms with Crippen LogP contribution in [0.3, 0.4) is 0 Å². The molecule has 0 aliphatic carbocycles. The molecule has 7 heteroatoms. The number of nitrogens with zero attached hydrogens (tertiary/aromatic N) is 2. The number of Topliss-reactive ketones (excluding diaryl/α,β-unsaturated/α-hetero) is 1. The summed E-state index contributed by atoms with van der Waals surface area (Å²) in [6.45, 7) is 11.6. The Hall–Kier alpha value is -3.32. The first-order valence-electron chi connectivity index (χ1n) is 12.2. The molecule has 1 N–H and O–H groups in total. The fourth-order valence-electron chi connectivity index (χ4n) is 4.52. The van der Waals surface area contributed by atoms with E-state index in [1.165, 1.54) is 0 Å². The molecule has 7 nitrogen and oxygen atoms in total. The van der Waals surface area contributed by atoms with Gasteiger partial charge in [-0.25, -0.2) is 0 Å². The number of hydrogen-bond donors (Lipinski definition) is 1. The number of methoxy groups -OCH3 is 1. The zero-order chi connectivity index (χ0) is 25.5. The summed E-state index contributed by atoms with van der Waals surface area (Å²) in [6, 6.07) is 11.9. The number of rotatable bonds is 11. The van der Waals surface area contributed by atoms with E-state index >= 15 is 0 Å². The molecular formula is C28H36N2O5. The Morgan fingerprint density at radius 3 is 2.31 bits per heavy atom. The van der Waals surface area contributed by atoms with Crippen molar-refractivity contribution in [2.24, 2.45) is 0 Å². The van der Waals surface area contributed by atoms with Crippen molar-refractivity contribution in [1.29, 1.82) is 0 Å². The Kier molecular flexibility index (Phi) is 8.93. The quantitative estimate of drug-likeness (QED) is 0.289. The van der Waals surface area contributed by atoms with Gasteiger partial charge >= 0.3 is 0 Å². The van der Waals surface area contributed by atoms with Crippen LogP contribution in [-0.4, -0.2) is 66.5 Å². The van der Waals surface area contributed by atoms with Gasteiger partial charge in [0, 0.05) is 12.1 Å². The van der Waals surface area contributed by atoms with Crippen molar-refractivity contribution in [3.63, 3.8) is 0 Å². The van der Waals surface area contributed by atoms with E-state index in [0.29, 0.717) is 30.2 Å². The van der Waals surface area contributed by atoms with E-state index in [1.807, 2.05) is 26.0 Å². The van der Waals surface area contributed by atoms with Gasteiger partial charge in [0.05, 0.1) is 25.3 Å². The van der Waals surface area contributed by atoms with Gasteiger partial charge in [-0.15, -0.1) is 0 Å². The van der Waals surface area contributed by atoms with Gasteiger partial charge in [-0.2, -0.15) is 0 Å². The van der Waals surface area contributed by atoms with Gasteiger partial charge in [0.1, 0.15) is 17.3 Å². The molecule has 1 heterocycles. The number of carbonyl (C=O) groups excluding carboxylic acids is 2. The van der Waals surface area contributed by atoms with Crippen molar-refractivity contribution in [3.8, 4) is 11.5 Å². The fraction of sp³-hybridized carbons (Fsp3) is 0.429. The summed E-state index contributed by atoms with van der Waals surface area (Å²) in [5, 5.41) is 11.3. The summed E-state index contributed by atoms with van der Waals surface area (Å²) in [7, 11) is 1.59. The summed E-state index contributed by atoms with van der Waals surface area (Å²) in [4.78, 5) is 30.2. The maximum atomic E-state index is 13.2. The normalized spacial score (nSPS) is 17.3. The summed E-state index contributed by atoms with van der Waals surface area (Å²) in [6.07, 6.45) is 0.726. The zero-order valence-electron chi connectivity index (χ0n) is 21.3. The van der Waals surface area contributed by atoms with Crippen molar-refractivity contribution in [1.82, 2.24) is 9.80 Å². The van der Waals surface area contributed by atoms with Crippen LogP contribution in [0.25, 0.3) is 5.76 Å². The topological polar surface area (TPSA) is 79.3 Å². The van der Waals surface area contributed by atoms with Gasteiger partial charge in [-0.05, 0) is 81.4 Å². The average molecular weight is 481 g/mol. The number of hydrogen-bond acceptors (Lipinski definition) is 6. The first kappa shape index (κ1) is 26.3. The lowest BCUT2D eigenvalue weighted by molar-refractivity contribution is -0.140. The van der Waals surface area contributed by atoms with Crippen LogP contribution < -0.4 is 9.47 Å². The minimum Gasteiger partial charge on any atom is -0.507 e. The molecule has 1 saturated heterocycles. The molecule has 35 heavy (non-hydrogen) atoms. The lowest BCUT2D eigenvalue weighted by Crippen LogP contribution is -2.33. The molecule has 1 aliphatic rings. The van der Waals surface area contributed by atoms with Gasteiger partial charge in [-0.1, -0.05) is 26.0 Å². The number of carbonyl (C=O) groups is 2. The van der Waals surface area contributed by atoms with Crippen LogP contribution in [0.4, 0.5) is 0 Å². The Labute approximate surface area is 207 Å². The zero-order valence-corrected chi connectivity index (χ0v) is 21.3. The standard InChI is InChI=1S/C28H36N2O5/c1-6-29(7-2)16-9-17-30-25(20-10-13-22(34-5)14-11-20)24(27(32)28(30)33)26(31)21-12-15-23(35-8-3)19(4)18-21/h10-15,18,25,31H,6-9,16-17H2,1-5H3/b26-24+. The highest BCUT2D eigenvalue weighted by molar-refractivity contribution is 6.46. The lowest BCUT2D eigenvalue weighted by atomic mass is 9.94. The number of amides is 1. The maximum Gasteiger partial charge on any atom is 0.295 e. The third kappa shape index (κ3) is 5.68. The van der Waals surface area contributed by atoms with Gasteiger partial charge < -0.3 is 24.4 Å². The third-order valence-corrected chi connectivity index (χ3v) is 6.49. The minimum atomic E-state index is -0.676. The fourth-order valence-corrected chi connectivity index (χ4v) is 4.52. The monoisotopic (exact) mass is 480 g/mol. The molecule has 1 atom stereocenters. The molecule has 1 aliphatic heterocycles.